The number of H-pyrrole nitrogens is 1. The average molecular weight is 429 g/mol. The van der Waals surface area contributed by atoms with Crippen LogP contribution in [0.3, 0.4) is 0 Å². The molecule has 0 aliphatic rings. The highest BCUT2D eigenvalue weighted by Crippen LogP contribution is 2.38. The fraction of sp³-hybridized carbons (Fsp3) is 0.250. The molecule has 0 aliphatic heterocycles. The van der Waals surface area contributed by atoms with Crippen LogP contribution in [-0.4, -0.2) is 34.6 Å². The Morgan fingerprint density at radius 2 is 1.91 bits per heavy atom. The van der Waals surface area contributed by atoms with Gasteiger partial charge in [-0.25, -0.2) is 0 Å². The van der Waals surface area contributed by atoms with E-state index in [1.165, 1.54) is 14.2 Å². The second-order valence-corrected chi connectivity index (χ2v) is 7.44. The molecule has 2 heterocycles. The molecular formula is C24H23N5O3. The van der Waals surface area contributed by atoms with Crippen LogP contribution >= 0.6 is 0 Å². The predicted octanol–water partition coefficient (Wildman–Crippen LogP) is 4.67. The number of aromatic amines is 1. The largest absolute Gasteiger partial charge is 0.493 e. The fourth-order valence-electron chi connectivity index (χ4n) is 3.96. The first-order valence-corrected chi connectivity index (χ1v) is 10.1. The van der Waals surface area contributed by atoms with Gasteiger partial charge in [0.15, 0.2) is 11.5 Å². The summed E-state index contributed by atoms with van der Waals surface area (Å²) in [7, 11) is 3.05. The minimum Gasteiger partial charge on any atom is -0.493 e. The number of benzene rings is 2. The van der Waals surface area contributed by atoms with Crippen molar-refractivity contribution in [2.24, 2.45) is 0 Å². The first-order valence-electron chi connectivity index (χ1n) is 10.1. The SMILES string of the molecule is COc1cc(-c2n[nH]c3ccc(O[C@H](C)c4c(C)cnnc4C)cc23)cc(C#N)c1OC. The van der Waals surface area contributed by atoms with Crippen LogP contribution in [0.25, 0.3) is 22.2 Å². The van der Waals surface area contributed by atoms with Crippen molar-refractivity contribution < 1.29 is 14.2 Å². The van der Waals surface area contributed by atoms with Crippen LogP contribution in [0, 0.1) is 25.2 Å². The maximum Gasteiger partial charge on any atom is 0.178 e. The number of hydrogen-bond donors (Lipinski definition) is 1. The fourth-order valence-corrected chi connectivity index (χ4v) is 3.96. The van der Waals surface area contributed by atoms with Gasteiger partial charge in [-0.05, 0) is 56.7 Å². The normalized spacial score (nSPS) is 11.8. The molecule has 32 heavy (non-hydrogen) atoms. The Balaban J connectivity index is 1.75. The summed E-state index contributed by atoms with van der Waals surface area (Å²) in [5.74, 6) is 1.56. The van der Waals surface area contributed by atoms with E-state index in [-0.39, 0.29) is 6.10 Å². The van der Waals surface area contributed by atoms with Crippen LogP contribution in [0.1, 0.15) is 35.4 Å². The molecule has 1 atom stereocenters. The van der Waals surface area contributed by atoms with Crippen molar-refractivity contribution in [2.75, 3.05) is 14.2 Å². The van der Waals surface area contributed by atoms with Crippen LogP contribution in [0.4, 0.5) is 0 Å². The lowest BCUT2D eigenvalue weighted by Gasteiger charge is -2.18. The zero-order valence-corrected chi connectivity index (χ0v) is 18.6. The van der Waals surface area contributed by atoms with Gasteiger partial charge in [-0.1, -0.05) is 0 Å². The predicted molar refractivity (Wildman–Crippen MR) is 120 cm³/mol. The maximum atomic E-state index is 9.56. The van der Waals surface area contributed by atoms with E-state index < -0.39 is 0 Å². The Hall–Kier alpha value is -4.12. The Kier molecular flexibility index (Phi) is 5.65. The van der Waals surface area contributed by atoms with Gasteiger partial charge in [0.25, 0.3) is 0 Å². The summed E-state index contributed by atoms with van der Waals surface area (Å²) in [5, 5.41) is 26.1. The van der Waals surface area contributed by atoms with E-state index in [9.17, 15) is 5.26 Å². The minimum absolute atomic E-state index is 0.204. The van der Waals surface area contributed by atoms with E-state index >= 15 is 0 Å². The highest BCUT2D eigenvalue weighted by Gasteiger charge is 2.18. The number of rotatable bonds is 6. The van der Waals surface area contributed by atoms with Crippen molar-refractivity contribution in [1.29, 1.82) is 5.26 Å². The Labute approximate surface area is 185 Å². The lowest BCUT2D eigenvalue weighted by molar-refractivity contribution is 0.225. The molecule has 0 fully saturated rings. The molecule has 4 rings (SSSR count). The summed E-state index contributed by atoms with van der Waals surface area (Å²) in [6.45, 7) is 5.92. The molecule has 162 valence electrons. The Morgan fingerprint density at radius 3 is 2.59 bits per heavy atom. The van der Waals surface area contributed by atoms with E-state index in [1.54, 1.807) is 18.3 Å². The van der Waals surface area contributed by atoms with E-state index in [0.717, 1.165) is 33.3 Å². The highest BCUT2D eigenvalue weighted by atomic mass is 16.5. The molecule has 0 bridgehead atoms. The van der Waals surface area contributed by atoms with Crippen LogP contribution in [-0.2, 0) is 0 Å². The van der Waals surface area contributed by atoms with E-state index in [2.05, 4.69) is 26.5 Å². The number of hydrogen-bond acceptors (Lipinski definition) is 7. The summed E-state index contributed by atoms with van der Waals surface area (Å²) < 4.78 is 17.0. The number of fused-ring (bicyclic) bond motifs is 1. The second kappa shape index (κ2) is 8.55. The summed E-state index contributed by atoms with van der Waals surface area (Å²) in [4.78, 5) is 0. The third-order valence-electron chi connectivity index (χ3n) is 5.40. The molecule has 0 unspecified atom stereocenters. The third-order valence-corrected chi connectivity index (χ3v) is 5.40. The van der Waals surface area contributed by atoms with Crippen LogP contribution in [0.15, 0.2) is 36.5 Å². The molecule has 0 aliphatic carbocycles. The summed E-state index contributed by atoms with van der Waals surface area (Å²) in [6, 6.07) is 11.5. The lowest BCUT2D eigenvalue weighted by atomic mass is 10.0. The first kappa shape index (κ1) is 21.1. The lowest BCUT2D eigenvalue weighted by Crippen LogP contribution is -2.09. The topological polar surface area (TPSA) is 106 Å². The van der Waals surface area contributed by atoms with Gasteiger partial charge >= 0.3 is 0 Å². The smallest absolute Gasteiger partial charge is 0.178 e. The van der Waals surface area contributed by atoms with Crippen LogP contribution < -0.4 is 14.2 Å². The highest BCUT2D eigenvalue weighted by molar-refractivity contribution is 5.94. The molecule has 0 spiro atoms. The molecule has 8 heteroatoms. The van der Waals surface area contributed by atoms with Gasteiger partial charge in [-0.3, -0.25) is 5.10 Å². The molecule has 0 saturated carbocycles. The standard InChI is InChI=1S/C24H23N5O3/c1-13-12-26-27-14(2)22(13)15(3)32-18-6-7-20-19(10-18)23(29-28-20)16-8-17(11-25)24(31-5)21(9-16)30-4/h6-10,12,15H,1-5H3,(H,28,29)/t15-/m1/s1. The molecule has 2 aromatic heterocycles. The number of methoxy groups -OCH3 is 2. The molecule has 0 saturated heterocycles. The second-order valence-electron chi connectivity index (χ2n) is 7.44. The van der Waals surface area contributed by atoms with E-state index in [0.29, 0.717) is 28.5 Å². The molecule has 0 radical (unpaired) electrons. The summed E-state index contributed by atoms with van der Waals surface area (Å²) >= 11 is 0. The van der Waals surface area contributed by atoms with Crippen LogP contribution in [0.5, 0.6) is 17.2 Å². The van der Waals surface area contributed by atoms with Crippen molar-refractivity contribution in [3.8, 4) is 34.6 Å². The summed E-state index contributed by atoms with van der Waals surface area (Å²) in [5.41, 5.74) is 5.54. The Morgan fingerprint density at radius 1 is 1.09 bits per heavy atom. The van der Waals surface area contributed by atoms with Gasteiger partial charge < -0.3 is 14.2 Å². The number of nitrogens with zero attached hydrogens (tertiary/aromatic N) is 4. The van der Waals surface area contributed by atoms with Gasteiger partial charge in [-0.2, -0.15) is 20.6 Å². The first-order chi connectivity index (χ1) is 15.5. The van der Waals surface area contributed by atoms with Gasteiger partial charge in [0.2, 0.25) is 0 Å². The number of nitrogens with one attached hydrogen (secondary N) is 1. The number of nitriles is 1. The number of aryl methyl sites for hydroxylation is 2. The zero-order chi connectivity index (χ0) is 22.8. The van der Waals surface area contributed by atoms with E-state index in [1.807, 2.05) is 39.0 Å². The summed E-state index contributed by atoms with van der Waals surface area (Å²) in [6.07, 6.45) is 1.54. The average Bonchev–Trinajstić information content (AvgIpc) is 3.21. The van der Waals surface area contributed by atoms with Gasteiger partial charge in [0.05, 0.1) is 37.2 Å². The molecule has 4 aromatic rings. The van der Waals surface area contributed by atoms with Crippen molar-refractivity contribution in [1.82, 2.24) is 20.4 Å². The zero-order valence-electron chi connectivity index (χ0n) is 18.6. The molecule has 1 N–H and O–H groups in total. The van der Waals surface area contributed by atoms with Crippen LogP contribution in [0.2, 0.25) is 0 Å². The Bertz CT molecular complexity index is 1320. The maximum absolute atomic E-state index is 9.56. The van der Waals surface area contributed by atoms with Crippen molar-refractivity contribution >= 4 is 10.9 Å². The molecule has 2 aromatic carbocycles. The molecular weight excluding hydrogens is 406 g/mol. The van der Waals surface area contributed by atoms with Crippen molar-refractivity contribution in [3.63, 3.8) is 0 Å². The van der Waals surface area contributed by atoms with Crippen molar-refractivity contribution in [3.05, 3.63) is 58.9 Å². The number of ether oxygens (including phenoxy) is 3. The third kappa shape index (κ3) is 3.69. The minimum atomic E-state index is -0.204. The number of aromatic nitrogens is 4. The van der Waals surface area contributed by atoms with Gasteiger partial charge in [0.1, 0.15) is 23.6 Å². The van der Waals surface area contributed by atoms with E-state index in [4.69, 9.17) is 14.2 Å². The molecule has 8 nitrogen and oxygen atoms in total. The molecule has 0 amide bonds. The van der Waals surface area contributed by atoms with Gasteiger partial charge in [-0.15, -0.1) is 0 Å². The van der Waals surface area contributed by atoms with Gasteiger partial charge in [0, 0.05) is 16.5 Å². The monoisotopic (exact) mass is 429 g/mol. The van der Waals surface area contributed by atoms with Crippen molar-refractivity contribution in [2.45, 2.75) is 26.9 Å². The quantitative estimate of drug-likeness (QED) is 0.475.